The first kappa shape index (κ1) is 21.5. The van der Waals surface area contributed by atoms with E-state index in [4.69, 9.17) is 0 Å². The van der Waals surface area contributed by atoms with Gasteiger partial charge in [-0.25, -0.2) is 13.6 Å². The summed E-state index contributed by atoms with van der Waals surface area (Å²) >= 11 is 0. The molecule has 1 saturated carbocycles. The summed E-state index contributed by atoms with van der Waals surface area (Å²) in [5.74, 6) is -1.29. The second kappa shape index (κ2) is 10.00. The third kappa shape index (κ3) is 5.43. The summed E-state index contributed by atoms with van der Waals surface area (Å²) in [5, 5.41) is 9.64. The molecule has 0 bridgehead atoms. The Morgan fingerprint density at radius 2 is 1.76 bits per heavy atom. The van der Waals surface area contributed by atoms with Crippen LogP contribution in [0.4, 0.5) is 8.78 Å². The highest BCUT2D eigenvalue weighted by atomic mass is 19.1. The van der Waals surface area contributed by atoms with E-state index in [9.17, 15) is 18.7 Å². The van der Waals surface area contributed by atoms with E-state index >= 15 is 0 Å². The van der Waals surface area contributed by atoms with Crippen LogP contribution < -0.4 is 0 Å². The standard InChI is InChI=1S/C25H30F2O2/c1-2-3-4-5-6-17-7-9-18(10-8-17)23-15-19(11-13-22(23)25(28)29)21-14-12-20(26)16-24(21)27/h11-18H,2-10H2,1H3,(H,28,29). The first-order chi connectivity index (χ1) is 14.0. The molecule has 2 aromatic carbocycles. The lowest BCUT2D eigenvalue weighted by Crippen LogP contribution is -2.16. The molecule has 4 heteroatoms. The SMILES string of the molecule is CCCCCCC1CCC(c2cc(-c3ccc(F)cc3F)ccc2C(=O)O)CC1. The lowest BCUT2D eigenvalue weighted by molar-refractivity contribution is 0.0694. The van der Waals surface area contributed by atoms with Gasteiger partial charge in [0, 0.05) is 11.6 Å². The van der Waals surface area contributed by atoms with E-state index in [0.717, 1.165) is 43.2 Å². The van der Waals surface area contributed by atoms with Gasteiger partial charge in [0.05, 0.1) is 5.56 Å². The Hall–Kier alpha value is -2.23. The van der Waals surface area contributed by atoms with Crippen LogP contribution in [0.5, 0.6) is 0 Å². The normalized spacial score (nSPS) is 19.3. The summed E-state index contributed by atoms with van der Waals surface area (Å²) < 4.78 is 27.5. The lowest BCUT2D eigenvalue weighted by atomic mass is 9.75. The molecule has 2 aromatic rings. The lowest BCUT2D eigenvalue weighted by Gasteiger charge is -2.30. The molecule has 0 aliphatic heterocycles. The van der Waals surface area contributed by atoms with Gasteiger partial charge >= 0.3 is 5.97 Å². The van der Waals surface area contributed by atoms with Crippen molar-refractivity contribution in [1.29, 1.82) is 0 Å². The molecule has 156 valence electrons. The second-order valence-corrected chi connectivity index (χ2v) is 8.30. The summed E-state index contributed by atoms with van der Waals surface area (Å²) in [6.45, 7) is 2.22. The molecule has 0 heterocycles. The van der Waals surface area contributed by atoms with Crippen molar-refractivity contribution < 1.29 is 18.7 Å². The zero-order valence-corrected chi connectivity index (χ0v) is 17.1. The maximum atomic E-state index is 14.2. The molecular weight excluding hydrogens is 370 g/mol. The van der Waals surface area contributed by atoms with Crippen LogP contribution in [0.1, 0.15) is 86.6 Å². The van der Waals surface area contributed by atoms with Crippen LogP contribution in [0, 0.1) is 17.6 Å². The quantitative estimate of drug-likeness (QED) is 0.464. The first-order valence-corrected chi connectivity index (χ1v) is 10.8. The summed E-state index contributed by atoms with van der Waals surface area (Å²) in [7, 11) is 0. The molecule has 1 fully saturated rings. The summed E-state index contributed by atoms with van der Waals surface area (Å²) in [5.41, 5.74) is 1.98. The highest BCUT2D eigenvalue weighted by Crippen LogP contribution is 2.40. The van der Waals surface area contributed by atoms with Crippen molar-refractivity contribution in [3.63, 3.8) is 0 Å². The van der Waals surface area contributed by atoms with Crippen molar-refractivity contribution in [2.75, 3.05) is 0 Å². The molecular formula is C25H30F2O2. The molecule has 0 atom stereocenters. The summed E-state index contributed by atoms with van der Waals surface area (Å²) in [4.78, 5) is 11.8. The van der Waals surface area contributed by atoms with E-state index in [2.05, 4.69) is 6.92 Å². The Bertz CT molecular complexity index is 839. The van der Waals surface area contributed by atoms with Gasteiger partial charge < -0.3 is 5.11 Å². The van der Waals surface area contributed by atoms with Crippen LogP contribution in [0.3, 0.4) is 0 Å². The molecule has 0 radical (unpaired) electrons. The zero-order chi connectivity index (χ0) is 20.8. The molecule has 1 N–H and O–H groups in total. The minimum atomic E-state index is -0.951. The van der Waals surface area contributed by atoms with Gasteiger partial charge in [0.15, 0.2) is 0 Å². The van der Waals surface area contributed by atoms with Crippen LogP contribution in [0.2, 0.25) is 0 Å². The van der Waals surface area contributed by atoms with Crippen molar-refractivity contribution in [2.24, 2.45) is 5.92 Å². The van der Waals surface area contributed by atoms with Crippen LogP contribution in [-0.4, -0.2) is 11.1 Å². The average Bonchev–Trinajstić information content (AvgIpc) is 2.71. The third-order valence-electron chi connectivity index (χ3n) is 6.28. The van der Waals surface area contributed by atoms with Crippen molar-refractivity contribution >= 4 is 5.97 Å². The number of hydrogen-bond acceptors (Lipinski definition) is 1. The van der Waals surface area contributed by atoms with Gasteiger partial charge in [-0.15, -0.1) is 0 Å². The number of carboxylic acids is 1. The Labute approximate surface area is 172 Å². The van der Waals surface area contributed by atoms with Gasteiger partial charge in [-0.3, -0.25) is 0 Å². The third-order valence-corrected chi connectivity index (χ3v) is 6.28. The van der Waals surface area contributed by atoms with E-state index in [0.29, 0.717) is 16.7 Å². The van der Waals surface area contributed by atoms with Crippen LogP contribution >= 0.6 is 0 Å². The summed E-state index contributed by atoms with van der Waals surface area (Å²) in [6.07, 6.45) is 10.5. The number of rotatable bonds is 8. The van der Waals surface area contributed by atoms with Crippen molar-refractivity contribution in [3.8, 4) is 11.1 Å². The predicted octanol–water partition coefficient (Wildman–Crippen LogP) is 7.57. The maximum absolute atomic E-state index is 14.2. The topological polar surface area (TPSA) is 37.3 Å². The highest BCUT2D eigenvalue weighted by molar-refractivity contribution is 5.90. The Morgan fingerprint density at radius 1 is 1.00 bits per heavy atom. The second-order valence-electron chi connectivity index (χ2n) is 8.30. The number of hydrogen-bond donors (Lipinski definition) is 1. The van der Waals surface area contributed by atoms with Crippen molar-refractivity contribution in [1.82, 2.24) is 0 Å². The van der Waals surface area contributed by atoms with Crippen molar-refractivity contribution in [3.05, 3.63) is 59.2 Å². The largest absolute Gasteiger partial charge is 0.478 e. The van der Waals surface area contributed by atoms with Gasteiger partial charge in [0.2, 0.25) is 0 Å². The fourth-order valence-electron chi connectivity index (χ4n) is 4.61. The number of carboxylic acid groups (broad SMARTS) is 1. The van der Waals surface area contributed by atoms with E-state index in [1.807, 2.05) is 0 Å². The zero-order valence-electron chi connectivity index (χ0n) is 17.1. The Balaban J connectivity index is 1.77. The van der Waals surface area contributed by atoms with Crippen LogP contribution in [0.15, 0.2) is 36.4 Å². The number of carbonyl (C=O) groups is 1. The van der Waals surface area contributed by atoms with E-state index < -0.39 is 17.6 Å². The number of halogens is 2. The Morgan fingerprint density at radius 3 is 2.41 bits per heavy atom. The van der Waals surface area contributed by atoms with E-state index in [1.54, 1.807) is 18.2 Å². The van der Waals surface area contributed by atoms with E-state index in [1.165, 1.54) is 44.2 Å². The average molecular weight is 401 g/mol. The molecule has 0 spiro atoms. The van der Waals surface area contributed by atoms with Crippen LogP contribution in [-0.2, 0) is 0 Å². The van der Waals surface area contributed by atoms with Gasteiger partial charge in [0.1, 0.15) is 11.6 Å². The smallest absolute Gasteiger partial charge is 0.335 e. The fourth-order valence-corrected chi connectivity index (χ4v) is 4.61. The van der Waals surface area contributed by atoms with Crippen molar-refractivity contribution in [2.45, 2.75) is 70.6 Å². The Kier molecular flexibility index (Phi) is 7.40. The monoisotopic (exact) mass is 400 g/mol. The molecule has 1 aliphatic carbocycles. The molecule has 0 amide bonds. The molecule has 0 unspecified atom stereocenters. The molecule has 0 saturated heterocycles. The number of aromatic carboxylic acids is 1. The molecule has 0 aromatic heterocycles. The fraction of sp³-hybridized carbons (Fsp3) is 0.480. The minimum Gasteiger partial charge on any atom is -0.478 e. The minimum absolute atomic E-state index is 0.177. The maximum Gasteiger partial charge on any atom is 0.335 e. The molecule has 3 rings (SSSR count). The first-order valence-electron chi connectivity index (χ1n) is 10.8. The number of benzene rings is 2. The molecule has 1 aliphatic rings. The van der Waals surface area contributed by atoms with Gasteiger partial charge in [-0.05, 0) is 72.9 Å². The van der Waals surface area contributed by atoms with Gasteiger partial charge in [-0.1, -0.05) is 45.1 Å². The van der Waals surface area contributed by atoms with Gasteiger partial charge in [0.25, 0.3) is 0 Å². The van der Waals surface area contributed by atoms with Gasteiger partial charge in [-0.2, -0.15) is 0 Å². The number of unbranched alkanes of at least 4 members (excludes halogenated alkanes) is 3. The molecule has 29 heavy (non-hydrogen) atoms. The predicted molar refractivity (Wildman–Crippen MR) is 112 cm³/mol. The van der Waals surface area contributed by atoms with E-state index in [-0.39, 0.29) is 5.92 Å². The highest BCUT2D eigenvalue weighted by Gasteiger charge is 2.26. The molecule has 2 nitrogen and oxygen atoms in total. The summed E-state index contributed by atoms with van der Waals surface area (Å²) in [6, 6.07) is 8.48. The van der Waals surface area contributed by atoms with Crippen LogP contribution in [0.25, 0.3) is 11.1 Å².